The summed E-state index contributed by atoms with van der Waals surface area (Å²) in [6, 6.07) is 11.4. The van der Waals surface area contributed by atoms with E-state index in [4.69, 9.17) is 4.52 Å². The Bertz CT molecular complexity index is 927. The molecule has 6 heteroatoms. The number of carbonyl (C=O) groups is 1. The van der Waals surface area contributed by atoms with Gasteiger partial charge in [0.25, 0.3) is 11.8 Å². The largest absolute Gasteiger partial charge is 0.349 e. The number of aromatic nitrogens is 3. The Balaban J connectivity index is 1.55. The lowest BCUT2D eigenvalue weighted by molar-refractivity contribution is 0.0951. The van der Waals surface area contributed by atoms with E-state index in [1.165, 1.54) is 0 Å². The zero-order valence-corrected chi connectivity index (χ0v) is 14.1. The first-order chi connectivity index (χ1) is 12.1. The van der Waals surface area contributed by atoms with Crippen LogP contribution in [0.4, 0.5) is 0 Å². The maximum absolute atomic E-state index is 12.0. The van der Waals surface area contributed by atoms with Crippen LogP contribution in [0.1, 0.15) is 34.5 Å². The molecule has 126 valence electrons. The lowest BCUT2D eigenvalue weighted by Gasteiger charge is -2.03. The number of nitrogens with zero attached hydrogens (tertiary/aromatic N) is 3. The third-order valence-electron chi connectivity index (χ3n) is 4.31. The predicted octanol–water partition coefficient (Wildman–Crippen LogP) is 3.31. The summed E-state index contributed by atoms with van der Waals surface area (Å²) in [5.41, 5.74) is 4.13. The summed E-state index contributed by atoms with van der Waals surface area (Å²) in [7, 11) is 0. The molecule has 2 aromatic heterocycles. The van der Waals surface area contributed by atoms with Gasteiger partial charge in [-0.3, -0.25) is 4.79 Å². The summed E-state index contributed by atoms with van der Waals surface area (Å²) in [4.78, 5) is 20.9. The van der Waals surface area contributed by atoms with E-state index in [-0.39, 0.29) is 5.91 Å². The standard InChI is InChI=1S/C19H18N4O2/c1-11-3-10-16(20-12(11)2)19-22-17(23-25-19)13-4-6-14(7-5-13)18(24)21-15-8-9-15/h3-7,10,15H,8-9H2,1-2H3,(H,21,24). The van der Waals surface area contributed by atoms with Crippen LogP contribution in [0.5, 0.6) is 0 Å². The van der Waals surface area contributed by atoms with Crippen LogP contribution in [0.25, 0.3) is 23.0 Å². The summed E-state index contributed by atoms with van der Waals surface area (Å²) >= 11 is 0. The number of hydrogen-bond donors (Lipinski definition) is 1. The van der Waals surface area contributed by atoms with Crippen LogP contribution < -0.4 is 5.32 Å². The van der Waals surface area contributed by atoms with Gasteiger partial charge in [-0.2, -0.15) is 4.98 Å². The molecule has 1 aromatic carbocycles. The van der Waals surface area contributed by atoms with Crippen molar-refractivity contribution in [2.75, 3.05) is 0 Å². The van der Waals surface area contributed by atoms with Crippen molar-refractivity contribution in [2.24, 2.45) is 0 Å². The van der Waals surface area contributed by atoms with Gasteiger partial charge in [0.05, 0.1) is 0 Å². The molecule has 0 atom stereocenters. The highest BCUT2D eigenvalue weighted by Crippen LogP contribution is 2.23. The van der Waals surface area contributed by atoms with Gasteiger partial charge in [0.1, 0.15) is 5.69 Å². The second-order valence-electron chi connectivity index (χ2n) is 6.35. The van der Waals surface area contributed by atoms with Crippen molar-refractivity contribution in [1.29, 1.82) is 0 Å². The number of carbonyl (C=O) groups excluding carboxylic acids is 1. The number of aryl methyl sites for hydroxylation is 2. The molecule has 1 aliphatic rings. The van der Waals surface area contributed by atoms with Crippen LogP contribution in [0.2, 0.25) is 0 Å². The molecular formula is C19H18N4O2. The molecule has 0 radical (unpaired) electrons. The van der Waals surface area contributed by atoms with Crippen molar-refractivity contribution in [1.82, 2.24) is 20.4 Å². The second kappa shape index (κ2) is 6.12. The molecule has 0 unspecified atom stereocenters. The van der Waals surface area contributed by atoms with Crippen molar-refractivity contribution in [3.63, 3.8) is 0 Å². The van der Waals surface area contributed by atoms with E-state index in [2.05, 4.69) is 20.4 Å². The van der Waals surface area contributed by atoms with E-state index in [0.29, 0.717) is 29.0 Å². The Morgan fingerprint density at radius 2 is 1.84 bits per heavy atom. The summed E-state index contributed by atoms with van der Waals surface area (Å²) in [5.74, 6) is 0.819. The normalized spacial score (nSPS) is 13.7. The van der Waals surface area contributed by atoms with E-state index in [1.807, 2.05) is 38.1 Å². The van der Waals surface area contributed by atoms with E-state index in [0.717, 1.165) is 29.7 Å². The molecule has 1 amide bonds. The zero-order chi connectivity index (χ0) is 17.4. The Morgan fingerprint density at radius 1 is 1.08 bits per heavy atom. The van der Waals surface area contributed by atoms with Crippen LogP contribution >= 0.6 is 0 Å². The minimum absolute atomic E-state index is 0.0396. The first kappa shape index (κ1) is 15.5. The van der Waals surface area contributed by atoms with Crippen LogP contribution in [0.15, 0.2) is 40.9 Å². The number of benzene rings is 1. The van der Waals surface area contributed by atoms with Gasteiger partial charge in [-0.1, -0.05) is 23.4 Å². The fourth-order valence-corrected chi connectivity index (χ4v) is 2.46. The van der Waals surface area contributed by atoms with E-state index in [9.17, 15) is 4.79 Å². The van der Waals surface area contributed by atoms with Crippen LogP contribution in [0.3, 0.4) is 0 Å². The number of hydrogen-bond acceptors (Lipinski definition) is 5. The molecule has 1 N–H and O–H groups in total. The molecule has 1 fully saturated rings. The fraction of sp³-hybridized carbons (Fsp3) is 0.263. The highest BCUT2D eigenvalue weighted by Gasteiger charge is 2.23. The van der Waals surface area contributed by atoms with Gasteiger partial charge in [0, 0.05) is 22.9 Å². The van der Waals surface area contributed by atoms with Gasteiger partial charge < -0.3 is 9.84 Å². The summed E-state index contributed by atoms with van der Waals surface area (Å²) in [6.07, 6.45) is 2.14. The minimum Gasteiger partial charge on any atom is -0.349 e. The predicted molar refractivity (Wildman–Crippen MR) is 92.9 cm³/mol. The average Bonchev–Trinajstić information content (AvgIpc) is 3.30. The van der Waals surface area contributed by atoms with Gasteiger partial charge in [-0.05, 0) is 50.5 Å². The first-order valence-corrected chi connectivity index (χ1v) is 8.30. The van der Waals surface area contributed by atoms with Gasteiger partial charge in [0.15, 0.2) is 0 Å². The summed E-state index contributed by atoms with van der Waals surface area (Å²) in [6.45, 7) is 3.95. The zero-order valence-electron chi connectivity index (χ0n) is 14.1. The molecule has 0 saturated heterocycles. The molecule has 0 aliphatic heterocycles. The highest BCUT2D eigenvalue weighted by atomic mass is 16.5. The summed E-state index contributed by atoms with van der Waals surface area (Å²) in [5, 5.41) is 6.99. The van der Waals surface area contributed by atoms with Crippen LogP contribution in [-0.4, -0.2) is 27.1 Å². The lowest BCUT2D eigenvalue weighted by atomic mass is 10.1. The molecule has 1 aliphatic carbocycles. The molecule has 2 heterocycles. The smallest absolute Gasteiger partial charge is 0.276 e. The molecule has 6 nitrogen and oxygen atoms in total. The molecule has 25 heavy (non-hydrogen) atoms. The molecule has 0 spiro atoms. The third-order valence-corrected chi connectivity index (χ3v) is 4.31. The van der Waals surface area contributed by atoms with Crippen LogP contribution in [0, 0.1) is 13.8 Å². The maximum Gasteiger partial charge on any atom is 0.276 e. The topological polar surface area (TPSA) is 80.9 Å². The summed E-state index contributed by atoms with van der Waals surface area (Å²) < 4.78 is 5.34. The Labute approximate surface area is 145 Å². The quantitative estimate of drug-likeness (QED) is 0.791. The third kappa shape index (κ3) is 3.28. The lowest BCUT2D eigenvalue weighted by Crippen LogP contribution is -2.25. The van der Waals surface area contributed by atoms with Crippen molar-refractivity contribution < 1.29 is 9.32 Å². The van der Waals surface area contributed by atoms with Gasteiger partial charge in [-0.15, -0.1) is 0 Å². The van der Waals surface area contributed by atoms with Crippen molar-refractivity contribution >= 4 is 5.91 Å². The molecule has 4 rings (SSSR count). The SMILES string of the molecule is Cc1ccc(-c2nc(-c3ccc(C(=O)NC4CC4)cc3)no2)nc1C. The maximum atomic E-state index is 12.0. The van der Waals surface area contributed by atoms with E-state index in [1.54, 1.807) is 12.1 Å². The Morgan fingerprint density at radius 3 is 2.52 bits per heavy atom. The van der Waals surface area contributed by atoms with Gasteiger partial charge >= 0.3 is 0 Å². The Hall–Kier alpha value is -3.02. The fourth-order valence-electron chi connectivity index (χ4n) is 2.46. The van der Waals surface area contributed by atoms with Crippen molar-refractivity contribution in [3.05, 3.63) is 53.2 Å². The minimum atomic E-state index is -0.0396. The van der Waals surface area contributed by atoms with Crippen molar-refractivity contribution in [2.45, 2.75) is 32.7 Å². The molecule has 3 aromatic rings. The Kier molecular flexibility index (Phi) is 3.80. The first-order valence-electron chi connectivity index (χ1n) is 8.30. The van der Waals surface area contributed by atoms with Crippen LogP contribution in [-0.2, 0) is 0 Å². The van der Waals surface area contributed by atoms with Gasteiger partial charge in [0.2, 0.25) is 5.82 Å². The molecule has 0 bridgehead atoms. The number of pyridine rings is 1. The van der Waals surface area contributed by atoms with E-state index >= 15 is 0 Å². The average molecular weight is 334 g/mol. The highest BCUT2D eigenvalue weighted by molar-refractivity contribution is 5.94. The monoisotopic (exact) mass is 334 g/mol. The molecular weight excluding hydrogens is 316 g/mol. The second-order valence-corrected chi connectivity index (χ2v) is 6.35. The molecule has 1 saturated carbocycles. The van der Waals surface area contributed by atoms with Gasteiger partial charge in [-0.25, -0.2) is 4.98 Å². The number of nitrogens with one attached hydrogen (secondary N) is 1. The van der Waals surface area contributed by atoms with Crippen molar-refractivity contribution in [3.8, 4) is 23.0 Å². The van der Waals surface area contributed by atoms with E-state index < -0.39 is 0 Å². The number of rotatable bonds is 4. The number of amides is 1.